The summed E-state index contributed by atoms with van der Waals surface area (Å²) < 4.78 is 5.46. The van der Waals surface area contributed by atoms with Gasteiger partial charge in [0, 0.05) is 55.2 Å². The van der Waals surface area contributed by atoms with Crippen molar-refractivity contribution in [2.75, 3.05) is 44.3 Å². The largest absolute Gasteiger partial charge is 0.481 e. The van der Waals surface area contributed by atoms with Crippen molar-refractivity contribution in [2.24, 2.45) is 5.41 Å². The van der Waals surface area contributed by atoms with Crippen LogP contribution in [0.3, 0.4) is 0 Å². The first-order chi connectivity index (χ1) is 15.7. The van der Waals surface area contributed by atoms with Crippen molar-refractivity contribution in [3.63, 3.8) is 0 Å². The molecule has 1 N–H and O–H groups in total. The minimum absolute atomic E-state index is 0.00352. The number of aromatic nitrogens is 1. The molecule has 6 nitrogen and oxygen atoms in total. The Balaban J connectivity index is 1.71. The molecule has 4 rings (SSSR count). The van der Waals surface area contributed by atoms with E-state index in [2.05, 4.69) is 47.9 Å². The van der Waals surface area contributed by atoms with Crippen LogP contribution >= 0.6 is 0 Å². The number of carbonyl (C=O) groups is 1. The standard InChI is InChI=1S/C27H37N3O3/c1-19-23(17-24(31)32)26(30-11-9-27(3,4)10-12-30)25(20(2)28-19)22-7-5-21(6-8-22)18-29-13-15-33-16-14-29/h5-8H,9-18H2,1-4H3,(H,31,32). The van der Waals surface area contributed by atoms with E-state index in [0.29, 0.717) is 5.41 Å². The second-order valence-corrected chi connectivity index (χ2v) is 10.3. The molecule has 2 aliphatic rings. The highest BCUT2D eigenvalue weighted by atomic mass is 16.5. The van der Waals surface area contributed by atoms with Gasteiger partial charge in [0.05, 0.1) is 25.3 Å². The molecule has 0 saturated carbocycles. The molecule has 1 aromatic carbocycles. The molecule has 2 aromatic rings. The summed E-state index contributed by atoms with van der Waals surface area (Å²) >= 11 is 0. The van der Waals surface area contributed by atoms with Crippen LogP contribution in [0.2, 0.25) is 0 Å². The maximum absolute atomic E-state index is 11.8. The minimum Gasteiger partial charge on any atom is -0.481 e. The molecule has 6 heteroatoms. The van der Waals surface area contributed by atoms with Crippen molar-refractivity contribution >= 4 is 11.7 Å². The highest BCUT2D eigenvalue weighted by Gasteiger charge is 2.30. The Morgan fingerprint density at radius 3 is 2.27 bits per heavy atom. The van der Waals surface area contributed by atoms with E-state index < -0.39 is 5.97 Å². The number of pyridine rings is 1. The van der Waals surface area contributed by atoms with Crippen LogP contribution in [0.1, 0.15) is 49.2 Å². The number of carboxylic acid groups (broad SMARTS) is 1. The zero-order valence-electron chi connectivity index (χ0n) is 20.5. The van der Waals surface area contributed by atoms with Crippen LogP contribution in [-0.2, 0) is 22.5 Å². The summed E-state index contributed by atoms with van der Waals surface area (Å²) in [6, 6.07) is 8.75. The van der Waals surface area contributed by atoms with Crippen molar-refractivity contribution in [3.8, 4) is 11.1 Å². The Morgan fingerprint density at radius 2 is 1.67 bits per heavy atom. The summed E-state index contributed by atoms with van der Waals surface area (Å²) in [5.41, 5.74) is 7.49. The van der Waals surface area contributed by atoms with Crippen LogP contribution in [0.5, 0.6) is 0 Å². The lowest BCUT2D eigenvalue weighted by atomic mass is 9.82. The van der Waals surface area contributed by atoms with Gasteiger partial charge in [-0.25, -0.2) is 0 Å². The number of aliphatic carboxylic acids is 1. The first-order valence-electron chi connectivity index (χ1n) is 12.1. The molecule has 33 heavy (non-hydrogen) atoms. The topological polar surface area (TPSA) is 65.9 Å². The predicted molar refractivity (Wildman–Crippen MR) is 132 cm³/mol. The lowest BCUT2D eigenvalue weighted by Crippen LogP contribution is -2.38. The summed E-state index contributed by atoms with van der Waals surface area (Å²) in [6.07, 6.45) is 2.19. The first kappa shape index (κ1) is 23.7. The summed E-state index contributed by atoms with van der Waals surface area (Å²) in [5, 5.41) is 9.66. The number of ether oxygens (including phenoxy) is 1. The molecule has 2 aliphatic heterocycles. The molecule has 178 valence electrons. The Bertz CT molecular complexity index is 985. The Kier molecular flexibility index (Phi) is 7.05. The van der Waals surface area contributed by atoms with Crippen LogP contribution < -0.4 is 4.90 Å². The maximum Gasteiger partial charge on any atom is 0.307 e. The van der Waals surface area contributed by atoms with Crippen molar-refractivity contribution in [2.45, 2.75) is 53.5 Å². The molecule has 2 fully saturated rings. The molecule has 0 atom stereocenters. The zero-order chi connectivity index (χ0) is 23.6. The van der Waals surface area contributed by atoms with Crippen LogP contribution in [0.25, 0.3) is 11.1 Å². The number of hydrogen-bond acceptors (Lipinski definition) is 5. The Labute approximate surface area is 197 Å². The van der Waals surface area contributed by atoms with Gasteiger partial charge in [-0.3, -0.25) is 14.7 Å². The lowest BCUT2D eigenvalue weighted by Gasteiger charge is -2.40. The fourth-order valence-corrected chi connectivity index (χ4v) is 5.06. The fraction of sp³-hybridized carbons (Fsp3) is 0.556. The lowest BCUT2D eigenvalue weighted by molar-refractivity contribution is -0.136. The normalized spacial score (nSPS) is 19.0. The Morgan fingerprint density at radius 1 is 1.03 bits per heavy atom. The van der Waals surface area contributed by atoms with Gasteiger partial charge < -0.3 is 14.7 Å². The highest BCUT2D eigenvalue weighted by Crippen LogP contribution is 2.41. The van der Waals surface area contributed by atoms with Crippen molar-refractivity contribution < 1.29 is 14.6 Å². The number of hydrogen-bond donors (Lipinski definition) is 1. The second kappa shape index (κ2) is 9.82. The van der Waals surface area contributed by atoms with Gasteiger partial charge in [0.15, 0.2) is 0 Å². The molecule has 0 amide bonds. The number of morpholine rings is 1. The number of benzene rings is 1. The van der Waals surface area contributed by atoms with E-state index in [1.807, 2.05) is 13.8 Å². The zero-order valence-corrected chi connectivity index (χ0v) is 20.5. The number of carboxylic acids is 1. The second-order valence-electron chi connectivity index (χ2n) is 10.3. The van der Waals surface area contributed by atoms with Gasteiger partial charge in [0.1, 0.15) is 0 Å². The predicted octanol–water partition coefficient (Wildman–Crippen LogP) is 4.45. The smallest absolute Gasteiger partial charge is 0.307 e. The molecule has 3 heterocycles. The quantitative estimate of drug-likeness (QED) is 0.700. The van der Waals surface area contributed by atoms with Crippen LogP contribution in [0, 0.1) is 19.3 Å². The molecule has 1 aromatic heterocycles. The summed E-state index contributed by atoms with van der Waals surface area (Å²) in [6.45, 7) is 15.0. The third kappa shape index (κ3) is 5.56. The van der Waals surface area contributed by atoms with Crippen molar-refractivity contribution in [3.05, 3.63) is 46.8 Å². The molecule has 0 aliphatic carbocycles. The van der Waals surface area contributed by atoms with E-state index in [0.717, 1.165) is 92.5 Å². The van der Waals surface area contributed by atoms with Gasteiger partial charge in [-0.2, -0.15) is 0 Å². The van der Waals surface area contributed by atoms with Gasteiger partial charge in [-0.05, 0) is 43.2 Å². The molecule has 0 bridgehead atoms. The van der Waals surface area contributed by atoms with Gasteiger partial charge in [-0.15, -0.1) is 0 Å². The monoisotopic (exact) mass is 451 g/mol. The summed E-state index contributed by atoms with van der Waals surface area (Å²) in [7, 11) is 0. The van der Waals surface area contributed by atoms with Gasteiger partial charge in [0.25, 0.3) is 0 Å². The van der Waals surface area contributed by atoms with Crippen molar-refractivity contribution in [1.82, 2.24) is 9.88 Å². The van der Waals surface area contributed by atoms with E-state index in [9.17, 15) is 9.90 Å². The van der Waals surface area contributed by atoms with E-state index >= 15 is 0 Å². The molecule has 0 spiro atoms. The molecule has 0 radical (unpaired) electrons. The average molecular weight is 452 g/mol. The van der Waals surface area contributed by atoms with Crippen LogP contribution in [0.15, 0.2) is 24.3 Å². The fourth-order valence-electron chi connectivity index (χ4n) is 5.06. The van der Waals surface area contributed by atoms with Crippen LogP contribution in [0.4, 0.5) is 5.69 Å². The summed E-state index contributed by atoms with van der Waals surface area (Å²) in [4.78, 5) is 21.4. The van der Waals surface area contributed by atoms with Gasteiger partial charge in [0.2, 0.25) is 0 Å². The molecular formula is C27H37N3O3. The van der Waals surface area contributed by atoms with Crippen molar-refractivity contribution in [1.29, 1.82) is 0 Å². The third-order valence-corrected chi connectivity index (χ3v) is 7.17. The van der Waals surface area contributed by atoms with E-state index in [1.165, 1.54) is 5.56 Å². The molecule has 0 unspecified atom stereocenters. The van der Waals surface area contributed by atoms with E-state index in [4.69, 9.17) is 9.72 Å². The number of anilines is 1. The number of piperidine rings is 1. The maximum atomic E-state index is 11.8. The number of rotatable bonds is 6. The first-order valence-corrected chi connectivity index (χ1v) is 12.1. The number of aryl methyl sites for hydroxylation is 2. The van der Waals surface area contributed by atoms with Crippen LogP contribution in [-0.4, -0.2) is 60.4 Å². The van der Waals surface area contributed by atoms with Gasteiger partial charge in [-0.1, -0.05) is 38.1 Å². The van der Waals surface area contributed by atoms with E-state index in [1.54, 1.807) is 0 Å². The minimum atomic E-state index is -0.811. The average Bonchev–Trinajstić information content (AvgIpc) is 2.77. The Hall–Kier alpha value is -2.44. The van der Waals surface area contributed by atoms with E-state index in [-0.39, 0.29) is 6.42 Å². The molecular weight excluding hydrogens is 414 g/mol. The molecule has 2 saturated heterocycles. The van der Waals surface area contributed by atoms with Gasteiger partial charge >= 0.3 is 5.97 Å². The third-order valence-electron chi connectivity index (χ3n) is 7.17. The summed E-state index contributed by atoms with van der Waals surface area (Å²) in [5.74, 6) is -0.811. The highest BCUT2D eigenvalue weighted by molar-refractivity contribution is 5.86. The number of nitrogens with zero attached hydrogens (tertiary/aromatic N) is 3. The SMILES string of the molecule is Cc1nc(C)c(-c2ccc(CN3CCOCC3)cc2)c(N2CCC(C)(C)CC2)c1CC(=O)O.